The first-order chi connectivity index (χ1) is 11.5. The Kier molecular flexibility index (Phi) is 3.57. The van der Waals surface area contributed by atoms with E-state index in [1.54, 1.807) is 0 Å². The number of thiol groups is 1. The fourth-order valence-corrected chi connectivity index (χ4v) is 3.39. The predicted octanol–water partition coefficient (Wildman–Crippen LogP) is 1.93. The van der Waals surface area contributed by atoms with Crippen LogP contribution in [0.4, 0.5) is 0 Å². The second-order valence-electron chi connectivity index (χ2n) is 6.07. The molecule has 5 heteroatoms. The molecule has 1 amide bonds. The van der Waals surface area contributed by atoms with Gasteiger partial charge in [0.25, 0.3) is 5.91 Å². The molecule has 2 aliphatic rings. The van der Waals surface area contributed by atoms with Crippen LogP contribution in [0.1, 0.15) is 16.7 Å². The van der Waals surface area contributed by atoms with Gasteiger partial charge in [-0.3, -0.25) is 4.79 Å². The molecule has 0 saturated heterocycles. The van der Waals surface area contributed by atoms with Crippen molar-refractivity contribution in [1.82, 2.24) is 5.32 Å². The van der Waals surface area contributed by atoms with Gasteiger partial charge < -0.3 is 15.6 Å². The molecule has 120 valence electrons. The number of hydrogen-bond acceptors (Lipinski definition) is 3. The number of hydrogen-bond donors (Lipinski definition) is 3. The second kappa shape index (κ2) is 5.63. The molecule has 2 aliphatic heterocycles. The Hall–Kier alpha value is -2.34. The van der Waals surface area contributed by atoms with Gasteiger partial charge in [0, 0.05) is 16.0 Å². The van der Waals surface area contributed by atoms with Crippen LogP contribution in [-0.4, -0.2) is 12.5 Å². The summed E-state index contributed by atoms with van der Waals surface area (Å²) in [6, 6.07) is 15.3. The van der Waals surface area contributed by atoms with E-state index in [2.05, 4.69) is 17.9 Å². The highest BCUT2D eigenvalue weighted by Gasteiger charge is 2.40. The monoisotopic (exact) mass is 336 g/mol. The normalized spacial score (nSPS) is 19.8. The Labute approximate surface area is 145 Å². The second-order valence-corrected chi connectivity index (χ2v) is 6.59. The van der Waals surface area contributed by atoms with Gasteiger partial charge >= 0.3 is 0 Å². The molecule has 24 heavy (non-hydrogen) atoms. The molecule has 4 nitrogen and oxygen atoms in total. The number of quaternary nitrogens is 1. The van der Waals surface area contributed by atoms with Crippen LogP contribution in [0.25, 0.3) is 11.4 Å². The molecule has 0 bridgehead atoms. The van der Waals surface area contributed by atoms with Gasteiger partial charge in [0.15, 0.2) is 5.70 Å². The van der Waals surface area contributed by atoms with Crippen molar-refractivity contribution in [3.05, 3.63) is 81.6 Å². The number of carbonyl (C=O) groups is 1. The van der Waals surface area contributed by atoms with E-state index in [1.807, 2.05) is 55.5 Å². The summed E-state index contributed by atoms with van der Waals surface area (Å²) in [5.41, 5.74) is 5.40. The largest absolute Gasteiger partial charge is 0.629 e. The lowest BCUT2D eigenvalue weighted by Gasteiger charge is -2.20. The molecular formula is C19H16N2O2S. The van der Waals surface area contributed by atoms with Gasteiger partial charge in [-0.1, -0.05) is 29.8 Å². The molecule has 2 aromatic carbocycles. The van der Waals surface area contributed by atoms with Crippen LogP contribution in [0.5, 0.6) is 0 Å². The van der Waals surface area contributed by atoms with Crippen LogP contribution >= 0.6 is 12.6 Å². The van der Waals surface area contributed by atoms with Crippen molar-refractivity contribution in [3.63, 3.8) is 0 Å². The molecule has 2 aromatic rings. The summed E-state index contributed by atoms with van der Waals surface area (Å²) in [6.45, 7) is 2.25. The number of aryl methyl sites for hydroxylation is 1. The third-order valence-corrected chi connectivity index (χ3v) is 4.73. The maximum Gasteiger partial charge on any atom is 0.262 e. The minimum atomic E-state index is -0.198. The van der Waals surface area contributed by atoms with E-state index in [1.165, 1.54) is 0 Å². The summed E-state index contributed by atoms with van der Waals surface area (Å²) >= 11 is 4.29. The molecule has 0 saturated carbocycles. The maximum absolute atomic E-state index is 12.6. The topological polar surface area (TPSA) is 56.6 Å². The van der Waals surface area contributed by atoms with E-state index in [4.69, 9.17) is 0 Å². The summed E-state index contributed by atoms with van der Waals surface area (Å²) in [7, 11) is 0. The Bertz CT molecular complexity index is 896. The summed E-state index contributed by atoms with van der Waals surface area (Å²) in [4.78, 5) is 13.4. The van der Waals surface area contributed by atoms with E-state index in [-0.39, 0.29) is 17.5 Å². The lowest BCUT2D eigenvalue weighted by atomic mass is 10.0. The van der Waals surface area contributed by atoms with Crippen LogP contribution in [0, 0.1) is 12.1 Å². The highest BCUT2D eigenvalue weighted by atomic mass is 32.1. The first-order valence-corrected chi connectivity index (χ1v) is 8.18. The van der Waals surface area contributed by atoms with Crippen molar-refractivity contribution in [2.45, 2.75) is 11.8 Å². The van der Waals surface area contributed by atoms with Crippen molar-refractivity contribution in [2.75, 3.05) is 6.54 Å². The Morgan fingerprint density at radius 2 is 1.67 bits per heavy atom. The summed E-state index contributed by atoms with van der Waals surface area (Å²) in [6.07, 6.45) is 0. The van der Waals surface area contributed by atoms with Gasteiger partial charge in [0.2, 0.25) is 0 Å². The van der Waals surface area contributed by atoms with Crippen LogP contribution in [-0.2, 0) is 4.79 Å². The third kappa shape index (κ3) is 2.38. The molecular weight excluding hydrogens is 320 g/mol. The average Bonchev–Trinajstić information content (AvgIpc) is 3.06. The van der Waals surface area contributed by atoms with Gasteiger partial charge in [0.1, 0.15) is 12.1 Å². The number of hydroxylamine groups is 2. The zero-order valence-electron chi connectivity index (χ0n) is 13.1. The van der Waals surface area contributed by atoms with E-state index < -0.39 is 0 Å². The summed E-state index contributed by atoms with van der Waals surface area (Å²) in [5, 5.41) is 15.5. The average molecular weight is 336 g/mol. The minimum absolute atomic E-state index is 0.00187. The molecule has 4 rings (SSSR count). The van der Waals surface area contributed by atoms with E-state index in [0.717, 1.165) is 32.9 Å². The Morgan fingerprint density at radius 1 is 1.04 bits per heavy atom. The number of fused-ring (bicyclic) bond motifs is 1. The van der Waals surface area contributed by atoms with Crippen LogP contribution < -0.4 is 10.4 Å². The fourth-order valence-electron chi connectivity index (χ4n) is 3.24. The SMILES string of the molecule is Cc1ccc(C2=C3C(=O)NC(c4ccc(S)cc4)=C3C[NH+]2[O-])cc1. The summed E-state index contributed by atoms with van der Waals surface area (Å²) in [5.74, 6) is -0.198. The van der Waals surface area contributed by atoms with E-state index in [9.17, 15) is 10.0 Å². The zero-order valence-corrected chi connectivity index (χ0v) is 14.0. The predicted molar refractivity (Wildman–Crippen MR) is 96.1 cm³/mol. The Morgan fingerprint density at radius 3 is 2.33 bits per heavy atom. The van der Waals surface area contributed by atoms with Crippen molar-refractivity contribution in [2.24, 2.45) is 0 Å². The van der Waals surface area contributed by atoms with Crippen LogP contribution in [0.3, 0.4) is 0 Å². The molecule has 0 fully saturated rings. The van der Waals surface area contributed by atoms with Gasteiger partial charge in [-0.25, -0.2) is 0 Å². The molecule has 0 spiro atoms. The van der Waals surface area contributed by atoms with Gasteiger partial charge in [-0.05, 0) is 36.8 Å². The third-order valence-electron chi connectivity index (χ3n) is 4.43. The number of amides is 1. The number of carbonyl (C=O) groups excluding carboxylic acids is 1. The Balaban J connectivity index is 1.86. The molecule has 1 unspecified atom stereocenters. The lowest BCUT2D eigenvalue weighted by Crippen LogP contribution is -3.03. The van der Waals surface area contributed by atoms with Gasteiger partial charge in [-0.2, -0.15) is 0 Å². The standard InChI is InChI=1S/C19H16N2O2S/c1-11-2-4-13(5-3-11)18-16-15(10-21(18)23)17(20-19(16)22)12-6-8-14(24)9-7-12/h2-9,21,24H,10H2,1H3,(H,20,22). The quantitative estimate of drug-likeness (QED) is 0.580. The molecule has 0 aliphatic carbocycles. The first kappa shape index (κ1) is 15.2. The molecule has 0 aromatic heterocycles. The van der Waals surface area contributed by atoms with Crippen molar-refractivity contribution in [1.29, 1.82) is 0 Å². The smallest absolute Gasteiger partial charge is 0.262 e. The van der Waals surface area contributed by atoms with E-state index >= 15 is 0 Å². The zero-order chi connectivity index (χ0) is 16.8. The number of nitrogens with one attached hydrogen (secondary N) is 2. The number of rotatable bonds is 2. The van der Waals surface area contributed by atoms with Crippen molar-refractivity contribution < 1.29 is 9.86 Å². The first-order valence-electron chi connectivity index (χ1n) is 7.73. The highest BCUT2D eigenvalue weighted by molar-refractivity contribution is 7.80. The highest BCUT2D eigenvalue weighted by Crippen LogP contribution is 2.34. The van der Waals surface area contributed by atoms with Crippen LogP contribution in [0.15, 0.2) is 64.6 Å². The molecule has 1 atom stereocenters. The molecule has 0 radical (unpaired) electrons. The molecule has 2 N–H and O–H groups in total. The minimum Gasteiger partial charge on any atom is -0.629 e. The van der Waals surface area contributed by atoms with Crippen molar-refractivity contribution in [3.8, 4) is 0 Å². The fraction of sp³-hybridized carbons (Fsp3) is 0.105. The van der Waals surface area contributed by atoms with Crippen LogP contribution in [0.2, 0.25) is 0 Å². The maximum atomic E-state index is 12.6. The van der Waals surface area contributed by atoms with Gasteiger partial charge in [-0.15, -0.1) is 12.6 Å². The lowest BCUT2D eigenvalue weighted by molar-refractivity contribution is -0.757. The summed E-state index contributed by atoms with van der Waals surface area (Å²) < 4.78 is 0. The molecule has 2 heterocycles. The number of benzene rings is 2. The van der Waals surface area contributed by atoms with Crippen molar-refractivity contribution >= 4 is 29.9 Å². The van der Waals surface area contributed by atoms with E-state index in [0.29, 0.717) is 11.3 Å². The van der Waals surface area contributed by atoms with Gasteiger partial charge in [0.05, 0.1) is 5.70 Å².